The molecule has 1 heterocycles. The zero-order valence-corrected chi connectivity index (χ0v) is 13.9. The van der Waals surface area contributed by atoms with Gasteiger partial charge in [0.15, 0.2) is 0 Å². The summed E-state index contributed by atoms with van der Waals surface area (Å²) in [5.41, 5.74) is -1.44. The Bertz CT molecular complexity index is 696. The van der Waals surface area contributed by atoms with Gasteiger partial charge in [-0.2, -0.15) is 13.2 Å². The highest BCUT2D eigenvalue weighted by atomic mass is 19.4. The number of nitrogens with one attached hydrogen (secondary N) is 2. The first kappa shape index (κ1) is 18.5. The van der Waals surface area contributed by atoms with Crippen LogP contribution in [-0.2, 0) is 11.0 Å². The van der Waals surface area contributed by atoms with E-state index >= 15 is 0 Å². The Kier molecular flexibility index (Phi) is 5.06. The summed E-state index contributed by atoms with van der Waals surface area (Å²) in [5.74, 6) is -1.10. The van der Waals surface area contributed by atoms with Crippen LogP contribution in [0.5, 0.6) is 0 Å². The third-order valence-corrected chi connectivity index (χ3v) is 4.60. The number of anilines is 1. The van der Waals surface area contributed by atoms with Crippen molar-refractivity contribution in [2.45, 2.75) is 37.9 Å². The number of alkyl halides is 3. The number of hydrogen-bond acceptors (Lipinski definition) is 2. The van der Waals surface area contributed by atoms with E-state index < -0.39 is 23.6 Å². The van der Waals surface area contributed by atoms with Crippen LogP contribution in [0.2, 0.25) is 0 Å². The molecule has 1 saturated heterocycles. The maximum Gasteiger partial charge on any atom is 0.419 e. The molecule has 9 heteroatoms. The van der Waals surface area contributed by atoms with Crippen molar-refractivity contribution >= 4 is 17.6 Å². The second-order valence-corrected chi connectivity index (χ2v) is 6.66. The minimum absolute atomic E-state index is 0.0608. The van der Waals surface area contributed by atoms with Crippen LogP contribution >= 0.6 is 0 Å². The molecule has 1 saturated carbocycles. The number of piperidine rings is 1. The maximum atomic E-state index is 13.5. The lowest BCUT2D eigenvalue weighted by molar-refractivity contribution is -0.140. The van der Waals surface area contributed by atoms with Crippen LogP contribution in [0.4, 0.5) is 28.0 Å². The second kappa shape index (κ2) is 7.13. The SMILES string of the molecule is O=C(Nc1ccc(C(F)(F)F)c(F)c1)NC1CCN(C(=O)C2CC2)CC1. The zero-order chi connectivity index (χ0) is 18.9. The second-order valence-electron chi connectivity index (χ2n) is 6.66. The molecule has 0 bridgehead atoms. The van der Waals surface area contributed by atoms with Gasteiger partial charge < -0.3 is 15.5 Å². The lowest BCUT2D eigenvalue weighted by Gasteiger charge is -2.32. The molecule has 1 aromatic rings. The standard InChI is InChI=1S/C17H19F4N3O2/c18-14-9-12(3-4-13(14)17(19,20)21)23-16(26)22-11-5-7-24(8-6-11)15(25)10-1-2-10/h3-4,9-11H,1-2,5-8H2,(H2,22,23,26). The molecule has 3 rings (SSSR count). The van der Waals surface area contributed by atoms with Crippen LogP contribution in [0.1, 0.15) is 31.2 Å². The number of benzene rings is 1. The average Bonchev–Trinajstić information content (AvgIpc) is 3.38. The van der Waals surface area contributed by atoms with Crippen molar-refractivity contribution < 1.29 is 27.2 Å². The van der Waals surface area contributed by atoms with E-state index in [1.54, 1.807) is 4.90 Å². The van der Waals surface area contributed by atoms with Crippen molar-refractivity contribution in [3.63, 3.8) is 0 Å². The Morgan fingerprint density at radius 1 is 1.08 bits per heavy atom. The highest BCUT2D eigenvalue weighted by Gasteiger charge is 2.35. The molecular formula is C17H19F4N3O2. The molecule has 1 aliphatic heterocycles. The molecule has 0 aromatic heterocycles. The van der Waals surface area contributed by atoms with E-state index in [0.29, 0.717) is 38.1 Å². The lowest BCUT2D eigenvalue weighted by atomic mass is 10.0. The summed E-state index contributed by atoms with van der Waals surface area (Å²) in [4.78, 5) is 25.7. The molecule has 26 heavy (non-hydrogen) atoms. The molecule has 3 amide bonds. The number of likely N-dealkylation sites (tertiary alicyclic amines) is 1. The van der Waals surface area contributed by atoms with E-state index in [2.05, 4.69) is 10.6 Å². The molecule has 2 fully saturated rings. The van der Waals surface area contributed by atoms with Gasteiger partial charge in [0.05, 0.1) is 5.56 Å². The van der Waals surface area contributed by atoms with Crippen molar-refractivity contribution in [2.24, 2.45) is 5.92 Å². The molecule has 0 radical (unpaired) electrons. The van der Waals surface area contributed by atoms with Gasteiger partial charge in [0.1, 0.15) is 5.82 Å². The summed E-state index contributed by atoms with van der Waals surface area (Å²) in [6.07, 6.45) is -1.68. The fourth-order valence-corrected chi connectivity index (χ4v) is 3.01. The van der Waals surface area contributed by atoms with E-state index in [1.165, 1.54) is 0 Å². The first-order valence-electron chi connectivity index (χ1n) is 8.47. The minimum atomic E-state index is -4.78. The van der Waals surface area contributed by atoms with Crippen LogP contribution in [-0.4, -0.2) is 36.0 Å². The summed E-state index contributed by atoms with van der Waals surface area (Å²) < 4.78 is 51.1. The fraction of sp³-hybridized carbons (Fsp3) is 0.529. The van der Waals surface area contributed by atoms with Gasteiger partial charge in [-0.3, -0.25) is 4.79 Å². The summed E-state index contributed by atoms with van der Waals surface area (Å²) in [5, 5.41) is 5.04. The van der Waals surface area contributed by atoms with Crippen molar-refractivity contribution in [3.8, 4) is 0 Å². The molecule has 2 N–H and O–H groups in total. The predicted molar refractivity (Wildman–Crippen MR) is 85.9 cm³/mol. The molecule has 142 valence electrons. The Labute approximate surface area is 147 Å². The van der Waals surface area contributed by atoms with E-state index in [4.69, 9.17) is 0 Å². The number of carbonyl (C=O) groups excluding carboxylic acids is 2. The largest absolute Gasteiger partial charge is 0.419 e. The smallest absolute Gasteiger partial charge is 0.342 e. The van der Waals surface area contributed by atoms with Crippen LogP contribution in [0.25, 0.3) is 0 Å². The summed E-state index contributed by atoms with van der Waals surface area (Å²) in [6, 6.07) is 1.47. The quantitative estimate of drug-likeness (QED) is 0.798. The maximum absolute atomic E-state index is 13.5. The first-order valence-corrected chi connectivity index (χ1v) is 8.47. The third kappa shape index (κ3) is 4.44. The summed E-state index contributed by atoms with van der Waals surface area (Å²) in [7, 11) is 0. The summed E-state index contributed by atoms with van der Waals surface area (Å²) >= 11 is 0. The highest BCUT2D eigenvalue weighted by molar-refractivity contribution is 5.89. The first-order chi connectivity index (χ1) is 12.2. The van der Waals surface area contributed by atoms with E-state index in [9.17, 15) is 27.2 Å². The number of carbonyl (C=O) groups is 2. The number of urea groups is 1. The lowest BCUT2D eigenvalue weighted by Crippen LogP contribution is -2.47. The van der Waals surface area contributed by atoms with Gasteiger partial charge in [0.2, 0.25) is 5.91 Å². The topological polar surface area (TPSA) is 61.4 Å². The number of amides is 3. The normalized spacial score (nSPS) is 18.5. The van der Waals surface area contributed by atoms with Gasteiger partial charge in [0.25, 0.3) is 0 Å². The van der Waals surface area contributed by atoms with Crippen LogP contribution in [0.3, 0.4) is 0 Å². The van der Waals surface area contributed by atoms with Gasteiger partial charge in [-0.25, -0.2) is 9.18 Å². The van der Waals surface area contributed by atoms with Crippen LogP contribution in [0, 0.1) is 11.7 Å². The minimum Gasteiger partial charge on any atom is -0.342 e. The molecule has 1 aromatic carbocycles. The third-order valence-electron chi connectivity index (χ3n) is 4.60. The number of hydrogen-bond donors (Lipinski definition) is 2. The highest BCUT2D eigenvalue weighted by Crippen LogP contribution is 2.33. The van der Waals surface area contributed by atoms with Crippen molar-refractivity contribution in [2.75, 3.05) is 18.4 Å². The monoisotopic (exact) mass is 373 g/mol. The molecule has 1 aliphatic carbocycles. The van der Waals surface area contributed by atoms with E-state index in [0.717, 1.165) is 18.9 Å². The van der Waals surface area contributed by atoms with Crippen LogP contribution in [0.15, 0.2) is 18.2 Å². The molecular weight excluding hydrogens is 354 g/mol. The van der Waals surface area contributed by atoms with Gasteiger partial charge in [-0.15, -0.1) is 0 Å². The zero-order valence-electron chi connectivity index (χ0n) is 13.9. The van der Waals surface area contributed by atoms with Crippen molar-refractivity contribution in [1.29, 1.82) is 0 Å². The Hall–Kier alpha value is -2.32. The molecule has 5 nitrogen and oxygen atoms in total. The molecule has 2 aliphatic rings. The Balaban J connectivity index is 1.48. The molecule has 0 spiro atoms. The Morgan fingerprint density at radius 2 is 1.73 bits per heavy atom. The van der Waals surface area contributed by atoms with Gasteiger partial charge in [-0.05, 0) is 43.9 Å². The fourth-order valence-electron chi connectivity index (χ4n) is 3.01. The predicted octanol–water partition coefficient (Wildman–Crippen LogP) is 3.37. The van der Waals surface area contributed by atoms with E-state index in [-0.39, 0.29) is 23.6 Å². The van der Waals surface area contributed by atoms with Gasteiger partial charge in [-0.1, -0.05) is 0 Å². The van der Waals surface area contributed by atoms with Gasteiger partial charge >= 0.3 is 12.2 Å². The number of rotatable bonds is 3. The van der Waals surface area contributed by atoms with E-state index in [1.807, 2.05) is 0 Å². The van der Waals surface area contributed by atoms with Gasteiger partial charge in [0, 0.05) is 30.7 Å². The summed E-state index contributed by atoms with van der Waals surface area (Å²) in [6.45, 7) is 1.13. The average molecular weight is 373 g/mol. The van der Waals surface area contributed by atoms with Crippen LogP contribution < -0.4 is 10.6 Å². The molecule has 0 unspecified atom stereocenters. The van der Waals surface area contributed by atoms with Crippen molar-refractivity contribution in [3.05, 3.63) is 29.6 Å². The number of nitrogens with zero attached hydrogens (tertiary/aromatic N) is 1. The number of halogens is 4. The molecule has 0 atom stereocenters. The van der Waals surface area contributed by atoms with Crippen molar-refractivity contribution in [1.82, 2.24) is 10.2 Å². The Morgan fingerprint density at radius 3 is 2.27 bits per heavy atom.